The maximum atomic E-state index is 11.9. The van der Waals surface area contributed by atoms with Crippen LogP contribution in [0.4, 0.5) is 17.2 Å². The fourth-order valence-electron chi connectivity index (χ4n) is 5.41. The summed E-state index contributed by atoms with van der Waals surface area (Å²) in [6.45, 7) is 6.26. The Morgan fingerprint density at radius 3 is 2.54 bits per heavy atom. The minimum Gasteiger partial charge on any atom is -0.375 e. The van der Waals surface area contributed by atoms with Crippen LogP contribution in [0.15, 0.2) is 42.6 Å². The molecule has 11 heteroatoms. The van der Waals surface area contributed by atoms with Crippen molar-refractivity contribution in [2.75, 3.05) is 53.6 Å². The van der Waals surface area contributed by atoms with Gasteiger partial charge >= 0.3 is 0 Å². The number of rotatable bonds is 6. The quantitative estimate of drug-likeness (QED) is 0.525. The molecule has 0 amide bonds. The highest BCUT2D eigenvalue weighted by atomic mass is 32.2. The molecule has 2 aromatic heterocycles. The van der Waals surface area contributed by atoms with Gasteiger partial charge in [0.1, 0.15) is 11.5 Å². The van der Waals surface area contributed by atoms with Gasteiger partial charge in [-0.25, -0.2) is 18.1 Å². The first-order chi connectivity index (χ1) is 17.8. The molecule has 1 atom stereocenters. The van der Waals surface area contributed by atoms with E-state index < -0.39 is 10.0 Å². The molecule has 0 bridgehead atoms. The third-order valence-corrected chi connectivity index (χ3v) is 8.31. The van der Waals surface area contributed by atoms with Crippen molar-refractivity contribution in [3.05, 3.63) is 42.6 Å². The van der Waals surface area contributed by atoms with E-state index in [0.29, 0.717) is 23.4 Å². The molecular weight excluding hydrogens is 490 g/mol. The van der Waals surface area contributed by atoms with Gasteiger partial charge in [-0.2, -0.15) is 0 Å². The minimum atomic E-state index is -3.38. The van der Waals surface area contributed by atoms with Gasteiger partial charge in [0.25, 0.3) is 0 Å². The summed E-state index contributed by atoms with van der Waals surface area (Å²) >= 11 is 0. The number of sulfonamides is 1. The number of hydrogen-bond acceptors (Lipinski definition) is 8. The molecule has 1 N–H and O–H groups in total. The number of anilines is 3. The molecule has 1 saturated carbocycles. The highest BCUT2D eigenvalue weighted by Crippen LogP contribution is 2.54. The Bertz CT molecular complexity index is 1390. The normalized spacial score (nSPS) is 21.3. The summed E-state index contributed by atoms with van der Waals surface area (Å²) in [5.74, 6) is 0.904. The van der Waals surface area contributed by atoms with Gasteiger partial charge in [0.2, 0.25) is 10.0 Å². The van der Waals surface area contributed by atoms with Crippen LogP contribution in [0.2, 0.25) is 0 Å². The summed E-state index contributed by atoms with van der Waals surface area (Å²) in [5.41, 5.74) is 4.33. The number of nitrogens with zero attached hydrogens (tertiary/aromatic N) is 6. The lowest BCUT2D eigenvalue weighted by molar-refractivity contribution is 0.0529. The first-order valence-corrected chi connectivity index (χ1v) is 14.8. The lowest BCUT2D eigenvalue weighted by Gasteiger charge is -2.35. The maximum absolute atomic E-state index is 11.9. The third kappa shape index (κ3) is 5.28. The summed E-state index contributed by atoms with van der Waals surface area (Å²) in [5, 5.41) is 8.89. The highest BCUT2D eigenvalue weighted by molar-refractivity contribution is 7.92. The molecule has 3 aromatic rings. The fraction of sp³-hybridized carbons (Fsp3) is 0.500. The van der Waals surface area contributed by atoms with E-state index >= 15 is 0 Å². The second-order valence-corrected chi connectivity index (χ2v) is 12.4. The van der Waals surface area contributed by atoms with Crippen molar-refractivity contribution >= 4 is 27.2 Å². The van der Waals surface area contributed by atoms with Gasteiger partial charge < -0.3 is 14.5 Å². The van der Waals surface area contributed by atoms with Crippen molar-refractivity contribution in [3.8, 4) is 17.1 Å². The van der Waals surface area contributed by atoms with Crippen LogP contribution < -0.4 is 14.5 Å². The standard InChI is InChI=1S/C26H33N7O3S/c1-19-17-32(14-15-36-19)25-5-3-4-21(27-25)22-18-33(30-28-22)23-7-6-20(29-37(2,34)35)16-24(23)31-12-10-26(8-9-26)11-13-31/h3-7,16,18-19,29H,8-15,17H2,1-2H3. The van der Waals surface area contributed by atoms with Crippen LogP contribution in [-0.4, -0.2) is 73.5 Å². The second-order valence-electron chi connectivity index (χ2n) is 10.6. The first-order valence-electron chi connectivity index (χ1n) is 12.9. The van der Waals surface area contributed by atoms with Gasteiger partial charge in [0, 0.05) is 26.2 Å². The number of piperidine rings is 1. The number of nitrogens with one attached hydrogen (secondary N) is 1. The average molecular weight is 524 g/mol. The van der Waals surface area contributed by atoms with E-state index in [1.165, 1.54) is 19.1 Å². The van der Waals surface area contributed by atoms with Crippen LogP contribution in [0.1, 0.15) is 32.6 Å². The van der Waals surface area contributed by atoms with Crippen LogP contribution in [0.5, 0.6) is 0 Å². The van der Waals surface area contributed by atoms with E-state index in [9.17, 15) is 8.42 Å². The molecule has 1 spiro atoms. The number of pyridine rings is 1. The fourth-order valence-corrected chi connectivity index (χ4v) is 5.97. The lowest BCUT2D eigenvalue weighted by atomic mass is 9.93. The Hall–Kier alpha value is -3.18. The Labute approximate surface area is 217 Å². The van der Waals surface area contributed by atoms with E-state index in [1.54, 1.807) is 10.7 Å². The van der Waals surface area contributed by atoms with Crippen LogP contribution >= 0.6 is 0 Å². The highest BCUT2D eigenvalue weighted by Gasteiger charge is 2.44. The van der Waals surface area contributed by atoms with E-state index in [1.807, 2.05) is 36.5 Å². The maximum Gasteiger partial charge on any atom is 0.229 e. The largest absolute Gasteiger partial charge is 0.375 e. The van der Waals surface area contributed by atoms with Crippen molar-refractivity contribution in [2.24, 2.45) is 5.41 Å². The molecule has 3 aliphatic rings. The molecular formula is C26H33N7O3S. The molecule has 2 saturated heterocycles. The summed E-state index contributed by atoms with van der Waals surface area (Å²) in [6, 6.07) is 11.5. The van der Waals surface area contributed by atoms with E-state index in [0.717, 1.165) is 61.9 Å². The third-order valence-electron chi connectivity index (χ3n) is 7.70. The Morgan fingerprint density at radius 2 is 1.81 bits per heavy atom. The van der Waals surface area contributed by atoms with Crippen molar-refractivity contribution in [1.29, 1.82) is 0 Å². The van der Waals surface area contributed by atoms with Gasteiger partial charge in [-0.3, -0.25) is 4.72 Å². The van der Waals surface area contributed by atoms with E-state index in [4.69, 9.17) is 9.72 Å². The predicted octanol–water partition coefficient (Wildman–Crippen LogP) is 3.31. The lowest BCUT2D eigenvalue weighted by Crippen LogP contribution is -2.41. The van der Waals surface area contributed by atoms with Gasteiger partial charge in [-0.05, 0) is 68.4 Å². The zero-order chi connectivity index (χ0) is 25.6. The number of benzene rings is 1. The molecule has 10 nitrogen and oxygen atoms in total. The van der Waals surface area contributed by atoms with Crippen molar-refractivity contribution in [3.63, 3.8) is 0 Å². The van der Waals surface area contributed by atoms with Crippen molar-refractivity contribution < 1.29 is 13.2 Å². The van der Waals surface area contributed by atoms with Crippen LogP contribution in [0, 0.1) is 5.41 Å². The predicted molar refractivity (Wildman–Crippen MR) is 144 cm³/mol. The smallest absolute Gasteiger partial charge is 0.229 e. The number of hydrogen-bond donors (Lipinski definition) is 1. The first kappa shape index (κ1) is 24.2. The Kier molecular flexibility index (Phi) is 6.07. The Morgan fingerprint density at radius 1 is 1.00 bits per heavy atom. The summed E-state index contributed by atoms with van der Waals surface area (Å²) < 4.78 is 33.8. The van der Waals surface area contributed by atoms with Gasteiger partial charge in [-0.1, -0.05) is 11.3 Å². The molecule has 1 aromatic carbocycles. The minimum absolute atomic E-state index is 0.170. The summed E-state index contributed by atoms with van der Waals surface area (Å²) in [6.07, 6.45) is 8.20. The van der Waals surface area contributed by atoms with E-state index in [2.05, 4.69) is 31.8 Å². The van der Waals surface area contributed by atoms with Crippen LogP contribution in [-0.2, 0) is 14.8 Å². The SMILES string of the molecule is CC1CN(c2cccc(-c3cn(-c4ccc(NS(C)(=O)=O)cc4N4CCC5(CC4)CC5)nn3)n2)CCO1. The molecule has 4 heterocycles. The summed E-state index contributed by atoms with van der Waals surface area (Å²) in [4.78, 5) is 9.44. The van der Waals surface area contributed by atoms with Gasteiger partial charge in [-0.15, -0.1) is 5.10 Å². The molecule has 37 heavy (non-hydrogen) atoms. The molecule has 6 rings (SSSR count). The molecule has 196 valence electrons. The van der Waals surface area contributed by atoms with Crippen LogP contribution in [0.25, 0.3) is 17.1 Å². The second kappa shape index (κ2) is 9.29. The molecule has 2 aliphatic heterocycles. The van der Waals surface area contributed by atoms with E-state index in [-0.39, 0.29) is 6.10 Å². The number of ether oxygens (including phenoxy) is 1. The Balaban J connectivity index is 1.30. The average Bonchev–Trinajstić information content (AvgIpc) is 3.44. The molecule has 3 fully saturated rings. The summed E-state index contributed by atoms with van der Waals surface area (Å²) in [7, 11) is -3.38. The molecule has 1 unspecified atom stereocenters. The van der Waals surface area contributed by atoms with Gasteiger partial charge in [0.15, 0.2) is 0 Å². The molecule has 1 aliphatic carbocycles. The zero-order valence-corrected chi connectivity index (χ0v) is 22.1. The number of morpholine rings is 1. The van der Waals surface area contributed by atoms with Crippen molar-refractivity contribution in [1.82, 2.24) is 20.0 Å². The van der Waals surface area contributed by atoms with Crippen LogP contribution in [0.3, 0.4) is 0 Å². The van der Waals surface area contributed by atoms with Crippen molar-refractivity contribution in [2.45, 2.75) is 38.7 Å². The zero-order valence-electron chi connectivity index (χ0n) is 21.3. The monoisotopic (exact) mass is 523 g/mol. The molecule has 0 radical (unpaired) electrons. The topological polar surface area (TPSA) is 105 Å². The number of aromatic nitrogens is 4. The van der Waals surface area contributed by atoms with Gasteiger partial charge in [0.05, 0.1) is 47.9 Å².